The molecule has 0 atom stereocenters. The van der Waals surface area contributed by atoms with Crippen molar-refractivity contribution >= 4 is 11.6 Å². The Balaban J connectivity index is 1.53. The first-order valence-electron chi connectivity index (χ1n) is 9.94. The number of halogens is 1. The molecule has 1 aromatic carbocycles. The maximum Gasteiger partial charge on any atom is 0.259 e. The van der Waals surface area contributed by atoms with Crippen LogP contribution in [-0.4, -0.2) is 36.6 Å². The van der Waals surface area contributed by atoms with E-state index in [0.717, 1.165) is 47.6 Å². The topological polar surface area (TPSA) is 83.8 Å². The van der Waals surface area contributed by atoms with Crippen LogP contribution in [0.4, 0.5) is 0 Å². The fourth-order valence-corrected chi connectivity index (χ4v) is 4.30. The first kappa shape index (κ1) is 17.9. The van der Waals surface area contributed by atoms with Crippen LogP contribution in [0.5, 0.6) is 0 Å². The minimum Gasteiger partial charge on any atom is -0.368 e. The van der Waals surface area contributed by atoms with Crippen LogP contribution < -0.4 is 0 Å². The Kier molecular flexibility index (Phi) is 3.73. The lowest BCUT2D eigenvalue weighted by Crippen LogP contribution is -2.09. The van der Waals surface area contributed by atoms with E-state index in [9.17, 15) is 0 Å². The van der Waals surface area contributed by atoms with Gasteiger partial charge in [-0.1, -0.05) is 16.8 Å². The van der Waals surface area contributed by atoms with E-state index in [-0.39, 0.29) is 0 Å². The molecule has 0 unspecified atom stereocenters. The predicted octanol–water partition coefficient (Wildman–Crippen LogP) is 4.00. The molecular weight excluding hydrogens is 404 g/mol. The summed E-state index contributed by atoms with van der Waals surface area (Å²) in [7, 11) is 1.68. The highest BCUT2D eigenvalue weighted by molar-refractivity contribution is 6.31. The number of fused-ring (bicyclic) bond motifs is 5. The third-order valence-electron chi connectivity index (χ3n) is 5.98. The van der Waals surface area contributed by atoms with Gasteiger partial charge in [0.1, 0.15) is 17.6 Å². The Morgan fingerprint density at radius 2 is 2.13 bits per heavy atom. The summed E-state index contributed by atoms with van der Waals surface area (Å²) in [6.45, 7) is 2.87. The third kappa shape index (κ3) is 2.50. The number of aromatic nitrogens is 6. The van der Waals surface area contributed by atoms with E-state index in [1.165, 1.54) is 0 Å². The monoisotopic (exact) mass is 422 g/mol. The first-order chi connectivity index (χ1) is 14.6. The predicted molar refractivity (Wildman–Crippen MR) is 109 cm³/mol. The lowest BCUT2D eigenvalue weighted by atomic mass is 10.0. The van der Waals surface area contributed by atoms with E-state index in [0.29, 0.717) is 28.9 Å². The Hall–Kier alpha value is -2.97. The lowest BCUT2D eigenvalue weighted by Gasteiger charge is -2.10. The average molecular weight is 423 g/mol. The van der Waals surface area contributed by atoms with Crippen molar-refractivity contribution in [1.82, 2.24) is 29.5 Å². The molecule has 0 amide bonds. The molecule has 0 saturated heterocycles. The zero-order valence-electron chi connectivity index (χ0n) is 16.6. The Bertz CT molecular complexity index is 1280. The number of ether oxygens (including phenoxy) is 1. The molecule has 9 heteroatoms. The largest absolute Gasteiger partial charge is 0.368 e. The molecule has 3 aromatic heterocycles. The molecule has 0 bridgehead atoms. The highest BCUT2D eigenvalue weighted by atomic mass is 35.5. The molecule has 0 N–H and O–H groups in total. The van der Waals surface area contributed by atoms with Crippen LogP contribution >= 0.6 is 11.6 Å². The molecule has 4 aromatic rings. The fraction of sp³-hybridized carbons (Fsp3) is 0.333. The van der Waals surface area contributed by atoms with Crippen molar-refractivity contribution in [2.75, 3.05) is 7.11 Å². The highest BCUT2D eigenvalue weighted by Crippen LogP contribution is 2.48. The molecule has 1 aliphatic heterocycles. The summed E-state index contributed by atoms with van der Waals surface area (Å²) in [6.07, 6.45) is 6.31. The van der Waals surface area contributed by atoms with E-state index >= 15 is 0 Å². The molecule has 30 heavy (non-hydrogen) atoms. The Labute approximate surface area is 177 Å². The maximum absolute atomic E-state index is 6.33. The molecule has 1 fully saturated rings. The Morgan fingerprint density at radius 3 is 2.90 bits per heavy atom. The molecule has 0 spiro atoms. The molecule has 6 rings (SSSR count). The van der Waals surface area contributed by atoms with Crippen LogP contribution in [0.1, 0.15) is 36.9 Å². The molecule has 2 aliphatic rings. The second kappa shape index (κ2) is 6.26. The van der Waals surface area contributed by atoms with Gasteiger partial charge in [0.2, 0.25) is 5.82 Å². The van der Waals surface area contributed by atoms with Crippen LogP contribution in [0.25, 0.3) is 28.5 Å². The van der Waals surface area contributed by atoms with Crippen molar-refractivity contribution in [3.8, 4) is 28.5 Å². The van der Waals surface area contributed by atoms with Gasteiger partial charge >= 0.3 is 0 Å². The van der Waals surface area contributed by atoms with Crippen LogP contribution in [0, 0.1) is 0 Å². The van der Waals surface area contributed by atoms with Crippen LogP contribution in [-0.2, 0) is 23.3 Å². The number of benzene rings is 1. The number of nitrogens with zero attached hydrogens (tertiary/aromatic N) is 6. The van der Waals surface area contributed by atoms with Gasteiger partial charge in [-0.05, 0) is 38.0 Å². The minimum absolute atomic E-state index is 0.430. The summed E-state index contributed by atoms with van der Waals surface area (Å²) < 4.78 is 15.1. The van der Waals surface area contributed by atoms with Crippen molar-refractivity contribution in [3.63, 3.8) is 0 Å². The molecule has 4 heterocycles. The second-order valence-corrected chi connectivity index (χ2v) is 8.16. The second-order valence-electron chi connectivity index (χ2n) is 7.73. The number of methoxy groups -OCH3 is 1. The fourth-order valence-electron chi connectivity index (χ4n) is 4.13. The number of imidazole rings is 1. The van der Waals surface area contributed by atoms with Gasteiger partial charge in [-0.2, -0.15) is 10.1 Å². The average Bonchev–Trinajstić information content (AvgIpc) is 3.09. The van der Waals surface area contributed by atoms with Crippen LogP contribution in [0.3, 0.4) is 0 Å². The van der Waals surface area contributed by atoms with Gasteiger partial charge in [-0.25, -0.2) is 4.98 Å². The van der Waals surface area contributed by atoms with Gasteiger partial charge in [0.15, 0.2) is 0 Å². The van der Waals surface area contributed by atoms with Crippen LogP contribution in [0.15, 0.2) is 35.2 Å². The van der Waals surface area contributed by atoms with Crippen molar-refractivity contribution in [1.29, 1.82) is 0 Å². The maximum atomic E-state index is 6.33. The molecule has 8 nitrogen and oxygen atoms in total. The number of rotatable bonds is 4. The molecule has 0 radical (unpaired) electrons. The molecule has 1 saturated carbocycles. The van der Waals surface area contributed by atoms with E-state index < -0.39 is 5.60 Å². The van der Waals surface area contributed by atoms with Gasteiger partial charge in [0, 0.05) is 42.4 Å². The SMILES string of the molecule is CCn1cc2c(n1)-c1cc(Cl)ccc1-n1cnc(-c3noc(C4(OC)CC4)n3)c1C2. The zero-order valence-corrected chi connectivity index (χ0v) is 17.3. The summed E-state index contributed by atoms with van der Waals surface area (Å²) in [5.41, 5.74) is 5.28. The summed E-state index contributed by atoms with van der Waals surface area (Å²) in [6, 6.07) is 5.84. The minimum atomic E-state index is -0.430. The quantitative estimate of drug-likeness (QED) is 0.435. The molecule has 152 valence electrons. The van der Waals surface area contributed by atoms with Crippen LogP contribution in [0.2, 0.25) is 5.02 Å². The van der Waals surface area contributed by atoms with Crippen molar-refractivity contribution < 1.29 is 9.26 Å². The lowest BCUT2D eigenvalue weighted by molar-refractivity contribution is 0.0492. The van der Waals surface area contributed by atoms with Gasteiger partial charge in [-0.15, -0.1) is 0 Å². The van der Waals surface area contributed by atoms with Gasteiger partial charge < -0.3 is 13.8 Å². The number of hydrogen-bond acceptors (Lipinski definition) is 6. The van der Waals surface area contributed by atoms with E-state index in [1.807, 2.05) is 22.9 Å². The molecular formula is C21H19ClN6O2. The van der Waals surface area contributed by atoms with Crippen molar-refractivity contribution in [2.24, 2.45) is 0 Å². The zero-order chi connectivity index (χ0) is 20.5. The summed E-state index contributed by atoms with van der Waals surface area (Å²) in [5.74, 6) is 0.992. The third-order valence-corrected chi connectivity index (χ3v) is 6.22. The van der Waals surface area contributed by atoms with Gasteiger partial charge in [0.05, 0.1) is 17.1 Å². The Morgan fingerprint density at radius 1 is 1.27 bits per heavy atom. The summed E-state index contributed by atoms with van der Waals surface area (Å²) >= 11 is 6.33. The normalized spacial score (nSPS) is 16.0. The standard InChI is InChI=1S/C21H19ClN6O2/c1-3-27-10-12-8-16-18(19-24-20(30-26-19)21(29-2)6-7-21)23-11-28(16)15-5-4-13(22)9-14(15)17(12)25-27/h4-5,9-11H,3,6-8H2,1-2H3. The summed E-state index contributed by atoms with van der Waals surface area (Å²) in [5, 5.41) is 9.68. The number of hydrogen-bond donors (Lipinski definition) is 0. The number of aryl methyl sites for hydroxylation is 1. The first-order valence-corrected chi connectivity index (χ1v) is 10.3. The van der Waals surface area contributed by atoms with Crippen molar-refractivity contribution in [2.45, 2.75) is 38.3 Å². The van der Waals surface area contributed by atoms with E-state index in [4.69, 9.17) is 26.0 Å². The van der Waals surface area contributed by atoms with Gasteiger partial charge in [0.25, 0.3) is 5.89 Å². The smallest absolute Gasteiger partial charge is 0.259 e. The van der Waals surface area contributed by atoms with E-state index in [1.54, 1.807) is 13.4 Å². The van der Waals surface area contributed by atoms with Gasteiger partial charge in [-0.3, -0.25) is 4.68 Å². The summed E-state index contributed by atoms with van der Waals surface area (Å²) in [4.78, 5) is 9.27. The molecule has 1 aliphatic carbocycles. The van der Waals surface area contributed by atoms with E-state index in [2.05, 4.69) is 32.8 Å². The van der Waals surface area contributed by atoms with Crippen molar-refractivity contribution in [3.05, 3.63) is 52.9 Å². The highest BCUT2D eigenvalue weighted by Gasteiger charge is 2.50.